The molecule has 3 heterocycles. The number of nitrogens with zero attached hydrogens (tertiary/aromatic N) is 6. The smallest absolute Gasteiger partial charge is 0.299 e. The van der Waals surface area contributed by atoms with Crippen molar-refractivity contribution in [2.24, 2.45) is 15.1 Å². The number of hydrogen-bond acceptors (Lipinski definition) is 7. The van der Waals surface area contributed by atoms with E-state index in [2.05, 4.69) is 30.8 Å². The van der Waals surface area contributed by atoms with Crippen molar-refractivity contribution in [2.75, 3.05) is 18.4 Å². The lowest BCUT2D eigenvalue weighted by atomic mass is 10.1. The predicted molar refractivity (Wildman–Crippen MR) is 115 cm³/mol. The molecule has 1 aromatic carbocycles. The van der Waals surface area contributed by atoms with E-state index in [4.69, 9.17) is 28.5 Å². The maximum atomic E-state index is 8.83. The Balaban J connectivity index is 1.46. The molecule has 10 heteroatoms. The van der Waals surface area contributed by atoms with E-state index in [0.717, 1.165) is 5.56 Å². The van der Waals surface area contributed by atoms with Crippen molar-refractivity contribution in [1.29, 1.82) is 5.26 Å². The number of aliphatic imine (C=N–C) groups is 2. The number of pyridine rings is 1. The lowest BCUT2D eigenvalue weighted by Gasteiger charge is -2.26. The normalized spacial score (nSPS) is 19.3. The molecule has 1 atom stereocenters. The minimum absolute atomic E-state index is 0.0136. The van der Waals surface area contributed by atoms with E-state index >= 15 is 0 Å². The molecule has 0 bridgehead atoms. The Labute approximate surface area is 177 Å². The molecule has 0 spiro atoms. The quantitative estimate of drug-likeness (QED) is 0.546. The molecule has 29 heavy (non-hydrogen) atoms. The SMILES string of the molecule is N#Cc1ccc(NCCN[N+]23C=C(c4ccc(Cl)cc4Cl)N=CC2=NC=N3)nc1. The van der Waals surface area contributed by atoms with Crippen LogP contribution in [-0.2, 0) is 0 Å². The molecular formula is C19H15Cl2N8+. The first kappa shape index (κ1) is 19.2. The summed E-state index contributed by atoms with van der Waals surface area (Å²) in [6.45, 7) is 1.15. The van der Waals surface area contributed by atoms with Gasteiger partial charge >= 0.3 is 0 Å². The molecule has 2 aromatic rings. The average Bonchev–Trinajstić information content (AvgIpc) is 3.15. The van der Waals surface area contributed by atoms with Crippen LogP contribution in [-0.4, -0.2) is 41.2 Å². The van der Waals surface area contributed by atoms with Gasteiger partial charge in [-0.2, -0.15) is 10.3 Å². The van der Waals surface area contributed by atoms with Gasteiger partial charge in [-0.15, -0.1) is 5.43 Å². The van der Waals surface area contributed by atoms with Crippen LogP contribution in [0.2, 0.25) is 10.0 Å². The minimum atomic E-state index is -0.0136. The van der Waals surface area contributed by atoms with Crippen LogP contribution in [0.4, 0.5) is 5.82 Å². The van der Waals surface area contributed by atoms with Crippen LogP contribution in [0.1, 0.15) is 11.1 Å². The van der Waals surface area contributed by atoms with Crippen LogP contribution >= 0.6 is 23.2 Å². The molecule has 1 aromatic heterocycles. The van der Waals surface area contributed by atoms with Crippen LogP contribution in [0.5, 0.6) is 0 Å². The Morgan fingerprint density at radius 2 is 2.03 bits per heavy atom. The average molecular weight is 426 g/mol. The van der Waals surface area contributed by atoms with Crippen LogP contribution in [0.15, 0.2) is 57.8 Å². The summed E-state index contributed by atoms with van der Waals surface area (Å²) in [5.74, 6) is 1.34. The van der Waals surface area contributed by atoms with Crippen molar-refractivity contribution in [3.63, 3.8) is 0 Å². The third kappa shape index (κ3) is 4.04. The highest BCUT2D eigenvalue weighted by Gasteiger charge is 2.39. The Kier molecular flexibility index (Phi) is 5.38. The van der Waals surface area contributed by atoms with Gasteiger partial charge in [0.1, 0.15) is 23.8 Å². The largest absolute Gasteiger partial charge is 0.369 e. The summed E-state index contributed by atoms with van der Waals surface area (Å²) in [5.41, 5.74) is 5.29. The summed E-state index contributed by atoms with van der Waals surface area (Å²) in [6.07, 6.45) is 6.53. The fraction of sp³-hybridized carbons (Fsp3) is 0.105. The first-order chi connectivity index (χ1) is 14.1. The van der Waals surface area contributed by atoms with Crippen molar-refractivity contribution in [3.8, 4) is 6.07 Å². The molecule has 144 valence electrons. The van der Waals surface area contributed by atoms with Gasteiger partial charge < -0.3 is 5.32 Å². The zero-order valence-corrected chi connectivity index (χ0v) is 16.6. The molecule has 0 saturated heterocycles. The fourth-order valence-electron chi connectivity index (χ4n) is 2.86. The summed E-state index contributed by atoms with van der Waals surface area (Å²) in [4.78, 5) is 12.9. The number of hydrogen-bond donors (Lipinski definition) is 2. The molecule has 2 N–H and O–H groups in total. The van der Waals surface area contributed by atoms with Gasteiger partial charge in [0.15, 0.2) is 12.5 Å². The fourth-order valence-corrected chi connectivity index (χ4v) is 3.36. The van der Waals surface area contributed by atoms with Gasteiger partial charge in [0, 0.05) is 23.3 Å². The van der Waals surface area contributed by atoms with Crippen LogP contribution in [0.3, 0.4) is 0 Å². The number of benzene rings is 1. The van der Waals surface area contributed by atoms with Gasteiger partial charge in [-0.1, -0.05) is 23.2 Å². The molecule has 8 nitrogen and oxygen atoms in total. The number of rotatable bonds is 6. The van der Waals surface area contributed by atoms with E-state index in [9.17, 15) is 0 Å². The zero-order chi connectivity index (χ0) is 20.3. The van der Waals surface area contributed by atoms with E-state index < -0.39 is 0 Å². The lowest BCUT2D eigenvalue weighted by molar-refractivity contribution is -0.838. The van der Waals surface area contributed by atoms with Gasteiger partial charge in [0.2, 0.25) is 0 Å². The molecular weight excluding hydrogens is 411 g/mol. The number of nitrogens with one attached hydrogen (secondary N) is 2. The number of fused-ring (bicyclic) bond motifs is 1. The number of anilines is 1. The third-order valence-electron chi connectivity index (χ3n) is 4.28. The van der Waals surface area contributed by atoms with Crippen molar-refractivity contribution in [1.82, 2.24) is 10.4 Å². The van der Waals surface area contributed by atoms with E-state index in [1.165, 1.54) is 12.5 Å². The van der Waals surface area contributed by atoms with Gasteiger partial charge in [-0.25, -0.2) is 9.98 Å². The highest BCUT2D eigenvalue weighted by atomic mass is 35.5. The molecule has 0 fully saturated rings. The molecule has 1 unspecified atom stereocenters. The molecule has 0 amide bonds. The molecule has 2 aliphatic rings. The Bertz CT molecular complexity index is 1100. The Hall–Kier alpha value is -3.09. The standard InChI is InChI=1S/C19H15Cl2N8/c20-14-2-3-15(16(21)7-14)17-11-29(19(10-24-17)26-12-28-29)27-6-5-23-18-4-1-13(8-22)9-25-18/h1-4,7,9-12,27H,5-6H2,(H,23,25)/q+1. The first-order valence-electron chi connectivity index (χ1n) is 8.68. The van der Waals surface area contributed by atoms with E-state index in [1.807, 2.05) is 18.3 Å². The topological polar surface area (TPSA) is 97.8 Å². The second kappa shape index (κ2) is 8.11. The summed E-state index contributed by atoms with van der Waals surface area (Å²) in [5, 5.41) is 17.6. The van der Waals surface area contributed by atoms with Crippen LogP contribution in [0, 0.1) is 11.3 Å². The number of nitriles is 1. The number of aromatic nitrogens is 1. The summed E-state index contributed by atoms with van der Waals surface area (Å²) >= 11 is 12.3. The highest BCUT2D eigenvalue weighted by Crippen LogP contribution is 2.31. The summed E-state index contributed by atoms with van der Waals surface area (Å²) in [7, 11) is 0. The maximum absolute atomic E-state index is 8.83. The third-order valence-corrected chi connectivity index (χ3v) is 4.83. The molecule has 0 saturated carbocycles. The molecule has 0 radical (unpaired) electrons. The number of halogens is 2. The lowest BCUT2D eigenvalue weighted by Crippen LogP contribution is -2.55. The minimum Gasteiger partial charge on any atom is -0.369 e. The number of quaternary nitrogens is 1. The van der Waals surface area contributed by atoms with E-state index in [1.54, 1.807) is 30.5 Å². The Morgan fingerprint density at radius 1 is 1.14 bits per heavy atom. The van der Waals surface area contributed by atoms with Crippen molar-refractivity contribution in [2.45, 2.75) is 0 Å². The van der Waals surface area contributed by atoms with E-state index in [0.29, 0.717) is 46.0 Å². The van der Waals surface area contributed by atoms with Crippen molar-refractivity contribution < 1.29 is 4.70 Å². The maximum Gasteiger partial charge on any atom is 0.299 e. The van der Waals surface area contributed by atoms with Gasteiger partial charge in [0.05, 0.1) is 17.1 Å². The zero-order valence-electron chi connectivity index (χ0n) is 15.0. The molecule has 4 rings (SSSR count). The second-order valence-electron chi connectivity index (χ2n) is 6.18. The van der Waals surface area contributed by atoms with Crippen molar-refractivity contribution in [3.05, 3.63) is 63.9 Å². The van der Waals surface area contributed by atoms with Crippen molar-refractivity contribution >= 4 is 53.1 Å². The van der Waals surface area contributed by atoms with Crippen LogP contribution < -0.4 is 10.7 Å². The van der Waals surface area contributed by atoms with Gasteiger partial charge in [-0.05, 0) is 40.1 Å². The predicted octanol–water partition coefficient (Wildman–Crippen LogP) is 3.43. The Morgan fingerprint density at radius 3 is 2.79 bits per heavy atom. The molecule has 0 aliphatic carbocycles. The molecule has 2 aliphatic heterocycles. The van der Waals surface area contributed by atoms with E-state index in [-0.39, 0.29) is 4.70 Å². The van der Waals surface area contributed by atoms with Gasteiger partial charge in [-0.3, -0.25) is 0 Å². The monoisotopic (exact) mass is 425 g/mol. The summed E-state index contributed by atoms with van der Waals surface area (Å²) in [6, 6.07) is 10.8. The van der Waals surface area contributed by atoms with Gasteiger partial charge in [0.25, 0.3) is 5.84 Å². The second-order valence-corrected chi connectivity index (χ2v) is 7.02. The summed E-state index contributed by atoms with van der Waals surface area (Å²) < 4.78 is -0.0136. The highest BCUT2D eigenvalue weighted by molar-refractivity contribution is 6.36. The number of amidine groups is 1. The first-order valence-corrected chi connectivity index (χ1v) is 9.44. The van der Waals surface area contributed by atoms with Crippen LogP contribution in [0.25, 0.3) is 5.70 Å².